The molecule has 0 aliphatic rings. The predicted molar refractivity (Wildman–Crippen MR) is 93.5 cm³/mol. The van der Waals surface area contributed by atoms with Crippen LogP contribution in [0.4, 0.5) is 0 Å². The zero-order chi connectivity index (χ0) is 15.1. The molecule has 2 nitrogen and oxygen atoms in total. The normalized spacial score (nSPS) is 11.2. The van der Waals surface area contributed by atoms with E-state index in [0.29, 0.717) is 19.1 Å². The van der Waals surface area contributed by atoms with E-state index in [0.717, 1.165) is 17.6 Å². The van der Waals surface area contributed by atoms with E-state index >= 15 is 0 Å². The molecule has 0 amide bonds. The van der Waals surface area contributed by atoms with Crippen LogP contribution in [0.2, 0.25) is 0 Å². The van der Waals surface area contributed by atoms with Crippen LogP contribution in [0, 0.1) is 5.92 Å². The fourth-order valence-electron chi connectivity index (χ4n) is 1.98. The Hall–Kier alpha value is -0.680. The number of hydrogen-bond acceptors (Lipinski definition) is 3. The lowest BCUT2D eigenvalue weighted by Gasteiger charge is -2.05. The Bertz CT molecular complexity index is 553. The molecule has 1 aromatic heterocycles. The van der Waals surface area contributed by atoms with Crippen molar-refractivity contribution in [1.82, 2.24) is 5.32 Å². The summed E-state index contributed by atoms with van der Waals surface area (Å²) in [6, 6.07) is 12.6. The summed E-state index contributed by atoms with van der Waals surface area (Å²) in [7, 11) is 0. The number of rotatable bonds is 8. The predicted octanol–water partition coefficient (Wildman–Crippen LogP) is 4.97. The first kappa shape index (κ1) is 16.7. The summed E-state index contributed by atoms with van der Waals surface area (Å²) in [6.07, 6.45) is 0. The van der Waals surface area contributed by atoms with Crippen LogP contribution in [-0.2, 0) is 24.5 Å². The maximum Gasteiger partial charge on any atom is 0.0814 e. The van der Waals surface area contributed by atoms with Crippen LogP contribution in [0.5, 0.6) is 0 Å². The molecule has 2 aromatic rings. The van der Waals surface area contributed by atoms with Gasteiger partial charge >= 0.3 is 0 Å². The monoisotopic (exact) mass is 367 g/mol. The van der Waals surface area contributed by atoms with Gasteiger partial charge in [0.15, 0.2) is 0 Å². The topological polar surface area (TPSA) is 21.3 Å². The van der Waals surface area contributed by atoms with Crippen molar-refractivity contribution in [3.63, 3.8) is 0 Å². The minimum atomic E-state index is 0.651. The summed E-state index contributed by atoms with van der Waals surface area (Å²) in [5.74, 6) is 0.693. The zero-order valence-electron chi connectivity index (χ0n) is 12.6. The lowest BCUT2D eigenvalue weighted by Crippen LogP contribution is -2.18. The molecule has 0 unspecified atom stereocenters. The molecular weight excluding hydrogens is 346 g/mol. The number of ether oxygens (including phenoxy) is 1. The van der Waals surface area contributed by atoms with Crippen LogP contribution in [0.25, 0.3) is 0 Å². The molecule has 1 N–H and O–H groups in total. The van der Waals surface area contributed by atoms with Crippen LogP contribution >= 0.6 is 27.3 Å². The van der Waals surface area contributed by atoms with E-state index in [1.165, 1.54) is 15.3 Å². The molecule has 1 heterocycles. The molecule has 0 fully saturated rings. The molecular formula is C17H22BrNOS. The van der Waals surface area contributed by atoms with Crippen LogP contribution in [0.3, 0.4) is 0 Å². The first-order chi connectivity index (χ1) is 10.1. The van der Waals surface area contributed by atoms with E-state index in [1.54, 1.807) is 0 Å². The molecule has 0 saturated carbocycles. The van der Waals surface area contributed by atoms with Crippen LogP contribution in [0.1, 0.15) is 29.2 Å². The molecule has 0 atom stereocenters. The molecule has 21 heavy (non-hydrogen) atoms. The Labute approximate surface area is 139 Å². The van der Waals surface area contributed by atoms with Gasteiger partial charge in [0.05, 0.1) is 13.2 Å². The molecule has 0 saturated heterocycles. The van der Waals surface area contributed by atoms with E-state index in [9.17, 15) is 0 Å². The Morgan fingerprint density at radius 2 is 1.95 bits per heavy atom. The van der Waals surface area contributed by atoms with Gasteiger partial charge in [0.2, 0.25) is 0 Å². The van der Waals surface area contributed by atoms with Gasteiger partial charge < -0.3 is 10.1 Å². The Morgan fingerprint density at radius 3 is 2.71 bits per heavy atom. The second-order valence-electron chi connectivity index (χ2n) is 5.52. The van der Waals surface area contributed by atoms with E-state index < -0.39 is 0 Å². The van der Waals surface area contributed by atoms with Gasteiger partial charge in [-0.25, -0.2) is 0 Å². The van der Waals surface area contributed by atoms with Crippen molar-refractivity contribution >= 4 is 27.3 Å². The van der Waals surface area contributed by atoms with Gasteiger partial charge in [-0.2, -0.15) is 0 Å². The molecule has 1 aromatic carbocycles. The summed E-state index contributed by atoms with van der Waals surface area (Å²) in [4.78, 5) is 2.66. The number of halogens is 1. The van der Waals surface area contributed by atoms with Crippen molar-refractivity contribution in [2.75, 3.05) is 6.54 Å². The third kappa shape index (κ3) is 6.30. The minimum absolute atomic E-state index is 0.651. The molecule has 0 bridgehead atoms. The molecule has 4 heteroatoms. The van der Waals surface area contributed by atoms with Crippen LogP contribution in [0.15, 0.2) is 40.9 Å². The Kier molecular flexibility index (Phi) is 6.90. The second kappa shape index (κ2) is 8.69. The van der Waals surface area contributed by atoms with Gasteiger partial charge in [-0.1, -0.05) is 41.9 Å². The minimum Gasteiger partial charge on any atom is -0.371 e. The molecule has 114 valence electrons. The quantitative estimate of drug-likeness (QED) is 0.710. The number of nitrogens with one attached hydrogen (secondary N) is 1. The van der Waals surface area contributed by atoms with Gasteiger partial charge in [-0.05, 0) is 42.3 Å². The average molecular weight is 368 g/mol. The molecule has 0 radical (unpaired) electrons. The second-order valence-corrected chi connectivity index (χ2v) is 7.68. The first-order valence-electron chi connectivity index (χ1n) is 7.24. The summed E-state index contributed by atoms with van der Waals surface area (Å²) < 4.78 is 6.88. The van der Waals surface area contributed by atoms with Crippen molar-refractivity contribution in [3.8, 4) is 0 Å². The van der Waals surface area contributed by atoms with E-state index in [-0.39, 0.29) is 0 Å². The van der Waals surface area contributed by atoms with Crippen molar-refractivity contribution in [2.45, 2.75) is 33.6 Å². The summed E-state index contributed by atoms with van der Waals surface area (Å²) >= 11 is 5.30. The van der Waals surface area contributed by atoms with Gasteiger partial charge in [-0.15, -0.1) is 11.3 Å². The van der Waals surface area contributed by atoms with Crippen LogP contribution < -0.4 is 5.32 Å². The number of thiophene rings is 1. The Morgan fingerprint density at radius 1 is 1.14 bits per heavy atom. The fourth-order valence-corrected chi connectivity index (χ4v) is 3.35. The molecule has 0 aliphatic carbocycles. The molecule has 0 aliphatic heterocycles. The number of hydrogen-bond donors (Lipinski definition) is 1. The number of benzene rings is 1. The summed E-state index contributed by atoms with van der Waals surface area (Å²) in [6.45, 7) is 7.80. The van der Waals surface area contributed by atoms with Gasteiger partial charge in [-0.3, -0.25) is 0 Å². The molecule has 0 spiro atoms. The smallest absolute Gasteiger partial charge is 0.0814 e. The van der Waals surface area contributed by atoms with E-state index in [2.05, 4.69) is 59.4 Å². The first-order valence-corrected chi connectivity index (χ1v) is 8.85. The van der Waals surface area contributed by atoms with Crippen LogP contribution in [-0.4, -0.2) is 6.54 Å². The maximum absolute atomic E-state index is 5.79. The van der Waals surface area contributed by atoms with Gasteiger partial charge in [0.25, 0.3) is 0 Å². The van der Waals surface area contributed by atoms with Crippen molar-refractivity contribution in [1.29, 1.82) is 0 Å². The zero-order valence-corrected chi connectivity index (χ0v) is 15.0. The van der Waals surface area contributed by atoms with E-state index in [1.807, 2.05) is 23.5 Å². The highest BCUT2D eigenvalue weighted by molar-refractivity contribution is 9.10. The van der Waals surface area contributed by atoms with E-state index in [4.69, 9.17) is 4.74 Å². The highest BCUT2D eigenvalue weighted by Crippen LogP contribution is 2.18. The van der Waals surface area contributed by atoms with Crippen molar-refractivity contribution in [2.24, 2.45) is 5.92 Å². The lowest BCUT2D eigenvalue weighted by molar-refractivity contribution is 0.109. The lowest BCUT2D eigenvalue weighted by atomic mass is 10.2. The average Bonchev–Trinajstić information content (AvgIpc) is 2.86. The van der Waals surface area contributed by atoms with Gasteiger partial charge in [0, 0.05) is 20.8 Å². The largest absolute Gasteiger partial charge is 0.371 e. The maximum atomic E-state index is 5.79. The third-order valence-electron chi connectivity index (χ3n) is 2.97. The Balaban J connectivity index is 1.72. The van der Waals surface area contributed by atoms with Gasteiger partial charge in [0.1, 0.15) is 0 Å². The highest BCUT2D eigenvalue weighted by atomic mass is 79.9. The summed E-state index contributed by atoms with van der Waals surface area (Å²) in [5.41, 5.74) is 1.19. The van der Waals surface area contributed by atoms with Crippen molar-refractivity contribution < 1.29 is 4.74 Å². The SMILES string of the molecule is CC(C)CNCc1ccc(COCc2cccc(Br)c2)s1. The molecule has 2 rings (SSSR count). The summed E-state index contributed by atoms with van der Waals surface area (Å²) in [5, 5.41) is 3.47. The highest BCUT2D eigenvalue weighted by Gasteiger charge is 2.02. The van der Waals surface area contributed by atoms with Crippen molar-refractivity contribution in [3.05, 3.63) is 56.2 Å². The standard InChI is InChI=1S/C17H22BrNOS/c1-13(2)9-19-10-16-6-7-17(21-16)12-20-11-14-4-3-5-15(18)8-14/h3-8,13,19H,9-12H2,1-2H3. The fraction of sp³-hybridized carbons (Fsp3) is 0.412. The third-order valence-corrected chi connectivity index (χ3v) is 4.52.